The van der Waals surface area contributed by atoms with E-state index in [1.807, 2.05) is 53.4 Å². The minimum atomic E-state index is -0.202. The van der Waals surface area contributed by atoms with Crippen molar-refractivity contribution in [2.45, 2.75) is 13.3 Å². The van der Waals surface area contributed by atoms with Crippen LogP contribution in [-0.4, -0.2) is 16.4 Å². The number of hydrogen-bond donors (Lipinski definition) is 2. The number of rotatable bonds is 5. The summed E-state index contributed by atoms with van der Waals surface area (Å²) in [6.45, 7) is 1.41. The molecular formula is C20H18ClN3O2. The number of carbonyl (C=O) groups is 2. The molecule has 0 fully saturated rings. The van der Waals surface area contributed by atoms with Crippen molar-refractivity contribution in [2.24, 2.45) is 0 Å². The van der Waals surface area contributed by atoms with Crippen molar-refractivity contribution in [2.75, 3.05) is 10.6 Å². The molecule has 3 rings (SSSR count). The number of amides is 2. The van der Waals surface area contributed by atoms with Gasteiger partial charge in [0.05, 0.1) is 17.1 Å². The molecule has 132 valence electrons. The Morgan fingerprint density at radius 1 is 1.00 bits per heavy atom. The molecule has 0 radical (unpaired) electrons. The van der Waals surface area contributed by atoms with Crippen molar-refractivity contribution < 1.29 is 9.59 Å². The lowest BCUT2D eigenvalue weighted by Crippen LogP contribution is -2.14. The average Bonchev–Trinajstić information content (AvgIpc) is 3.12. The first-order valence-corrected chi connectivity index (χ1v) is 8.48. The molecule has 0 aliphatic carbocycles. The Labute approximate surface area is 156 Å². The van der Waals surface area contributed by atoms with Crippen LogP contribution >= 0.6 is 11.6 Å². The van der Waals surface area contributed by atoms with Gasteiger partial charge in [0.15, 0.2) is 0 Å². The number of benzene rings is 2. The minimum absolute atomic E-state index is 0.137. The summed E-state index contributed by atoms with van der Waals surface area (Å²) in [5.41, 5.74) is 3.05. The quantitative estimate of drug-likeness (QED) is 0.707. The van der Waals surface area contributed by atoms with E-state index >= 15 is 0 Å². The minimum Gasteiger partial charge on any atom is -0.326 e. The fraction of sp³-hybridized carbons (Fsp3) is 0.100. The maximum absolute atomic E-state index is 12.2. The highest BCUT2D eigenvalue weighted by Gasteiger charge is 2.08. The topological polar surface area (TPSA) is 63.1 Å². The number of anilines is 2. The Hall–Kier alpha value is -3.05. The third kappa shape index (κ3) is 4.52. The third-order valence-electron chi connectivity index (χ3n) is 3.77. The summed E-state index contributed by atoms with van der Waals surface area (Å²) in [4.78, 5) is 23.3. The van der Waals surface area contributed by atoms with Crippen molar-refractivity contribution in [1.29, 1.82) is 0 Å². The fourth-order valence-electron chi connectivity index (χ4n) is 2.57. The molecule has 0 unspecified atom stereocenters. The van der Waals surface area contributed by atoms with Crippen LogP contribution in [0.25, 0.3) is 5.69 Å². The molecule has 0 aliphatic rings. The summed E-state index contributed by atoms with van der Waals surface area (Å²) >= 11 is 6.12. The van der Waals surface area contributed by atoms with Crippen molar-refractivity contribution >= 4 is 34.8 Å². The molecule has 2 amide bonds. The van der Waals surface area contributed by atoms with E-state index in [1.165, 1.54) is 6.92 Å². The zero-order valence-corrected chi connectivity index (χ0v) is 15.0. The monoisotopic (exact) mass is 367 g/mol. The Bertz CT molecular complexity index is 919. The van der Waals surface area contributed by atoms with Gasteiger partial charge in [-0.1, -0.05) is 23.7 Å². The summed E-state index contributed by atoms with van der Waals surface area (Å²) in [5.74, 6) is -0.339. The molecule has 0 aliphatic heterocycles. The SMILES string of the molecule is CC(=O)Nc1ccc(NC(=O)Cc2ccc(-n3cccc3)cc2)cc1Cl. The van der Waals surface area contributed by atoms with Crippen LogP contribution in [0.2, 0.25) is 5.02 Å². The van der Waals surface area contributed by atoms with Crippen LogP contribution in [0.3, 0.4) is 0 Å². The molecule has 0 saturated carbocycles. The number of nitrogens with one attached hydrogen (secondary N) is 2. The normalized spacial score (nSPS) is 10.4. The second-order valence-corrected chi connectivity index (χ2v) is 6.26. The van der Waals surface area contributed by atoms with E-state index in [0.717, 1.165) is 11.3 Å². The van der Waals surface area contributed by atoms with Gasteiger partial charge in [0.25, 0.3) is 0 Å². The second kappa shape index (κ2) is 7.89. The summed E-state index contributed by atoms with van der Waals surface area (Å²) in [7, 11) is 0. The molecule has 0 spiro atoms. The van der Waals surface area contributed by atoms with Gasteiger partial charge >= 0.3 is 0 Å². The van der Waals surface area contributed by atoms with Crippen molar-refractivity contribution in [3.8, 4) is 5.69 Å². The van der Waals surface area contributed by atoms with E-state index in [4.69, 9.17) is 11.6 Å². The van der Waals surface area contributed by atoms with Gasteiger partial charge in [0, 0.05) is 30.7 Å². The third-order valence-corrected chi connectivity index (χ3v) is 4.08. The van der Waals surface area contributed by atoms with Gasteiger partial charge in [-0.15, -0.1) is 0 Å². The van der Waals surface area contributed by atoms with Gasteiger partial charge in [-0.05, 0) is 48.0 Å². The molecule has 1 heterocycles. The fourth-order valence-corrected chi connectivity index (χ4v) is 2.79. The number of aromatic nitrogens is 1. The molecule has 0 atom stereocenters. The predicted octanol–water partition coefficient (Wildman–Crippen LogP) is 4.27. The zero-order chi connectivity index (χ0) is 18.5. The maximum atomic E-state index is 12.2. The Kier molecular flexibility index (Phi) is 5.39. The highest BCUT2D eigenvalue weighted by molar-refractivity contribution is 6.34. The van der Waals surface area contributed by atoms with Crippen molar-refractivity contribution in [3.05, 3.63) is 77.6 Å². The van der Waals surface area contributed by atoms with Gasteiger partial charge < -0.3 is 15.2 Å². The first-order valence-electron chi connectivity index (χ1n) is 8.10. The highest BCUT2D eigenvalue weighted by Crippen LogP contribution is 2.25. The molecular weight excluding hydrogens is 350 g/mol. The molecule has 5 nitrogen and oxygen atoms in total. The van der Waals surface area contributed by atoms with Crippen molar-refractivity contribution in [3.63, 3.8) is 0 Å². The zero-order valence-electron chi connectivity index (χ0n) is 14.2. The van der Waals surface area contributed by atoms with E-state index in [-0.39, 0.29) is 18.2 Å². The average molecular weight is 368 g/mol. The van der Waals surface area contributed by atoms with Crippen LogP contribution in [0.15, 0.2) is 67.0 Å². The standard InChI is InChI=1S/C20H18ClN3O2/c1-14(25)22-19-9-6-16(13-18(19)21)23-20(26)12-15-4-7-17(8-5-15)24-10-2-3-11-24/h2-11,13H,12H2,1H3,(H,22,25)(H,23,26). The highest BCUT2D eigenvalue weighted by atomic mass is 35.5. The summed E-state index contributed by atoms with van der Waals surface area (Å²) in [6, 6.07) is 16.7. The maximum Gasteiger partial charge on any atom is 0.228 e. The number of carbonyl (C=O) groups excluding carboxylic acids is 2. The van der Waals surface area contributed by atoms with E-state index in [2.05, 4.69) is 10.6 Å². The van der Waals surface area contributed by atoms with Crippen LogP contribution in [0, 0.1) is 0 Å². The lowest BCUT2D eigenvalue weighted by molar-refractivity contribution is -0.116. The van der Waals surface area contributed by atoms with Crippen LogP contribution in [-0.2, 0) is 16.0 Å². The molecule has 6 heteroatoms. The smallest absolute Gasteiger partial charge is 0.228 e. The number of nitrogens with zero attached hydrogens (tertiary/aromatic N) is 1. The van der Waals surface area contributed by atoms with E-state index in [0.29, 0.717) is 16.4 Å². The number of halogens is 1. The Morgan fingerprint density at radius 2 is 1.69 bits per heavy atom. The first kappa shape index (κ1) is 17.8. The number of hydrogen-bond acceptors (Lipinski definition) is 2. The predicted molar refractivity (Wildman–Crippen MR) is 104 cm³/mol. The van der Waals surface area contributed by atoms with Gasteiger partial charge in [-0.25, -0.2) is 0 Å². The van der Waals surface area contributed by atoms with Crippen LogP contribution in [0.5, 0.6) is 0 Å². The molecule has 1 aromatic heterocycles. The molecule has 0 saturated heterocycles. The van der Waals surface area contributed by atoms with Gasteiger partial charge in [0.1, 0.15) is 0 Å². The molecule has 2 N–H and O–H groups in total. The van der Waals surface area contributed by atoms with Crippen LogP contribution in [0.1, 0.15) is 12.5 Å². The molecule has 0 bridgehead atoms. The van der Waals surface area contributed by atoms with Crippen LogP contribution < -0.4 is 10.6 Å². The molecule has 2 aromatic carbocycles. The largest absolute Gasteiger partial charge is 0.326 e. The summed E-state index contributed by atoms with van der Waals surface area (Å²) in [6.07, 6.45) is 4.20. The summed E-state index contributed by atoms with van der Waals surface area (Å²) < 4.78 is 2.00. The molecule has 3 aromatic rings. The second-order valence-electron chi connectivity index (χ2n) is 5.86. The molecule has 26 heavy (non-hydrogen) atoms. The van der Waals surface area contributed by atoms with E-state index < -0.39 is 0 Å². The van der Waals surface area contributed by atoms with Gasteiger partial charge in [0.2, 0.25) is 11.8 Å². The van der Waals surface area contributed by atoms with Crippen molar-refractivity contribution in [1.82, 2.24) is 4.57 Å². The van der Waals surface area contributed by atoms with Gasteiger partial charge in [-0.2, -0.15) is 0 Å². The Morgan fingerprint density at radius 3 is 2.31 bits per heavy atom. The van der Waals surface area contributed by atoms with Crippen LogP contribution in [0.4, 0.5) is 11.4 Å². The summed E-state index contributed by atoms with van der Waals surface area (Å²) in [5, 5.41) is 5.81. The Balaban J connectivity index is 1.62. The van der Waals surface area contributed by atoms with E-state index in [1.54, 1.807) is 18.2 Å². The van der Waals surface area contributed by atoms with Gasteiger partial charge in [-0.3, -0.25) is 9.59 Å². The first-order chi connectivity index (χ1) is 12.5. The lowest BCUT2D eigenvalue weighted by Gasteiger charge is -2.09. The lowest BCUT2D eigenvalue weighted by atomic mass is 10.1. The van der Waals surface area contributed by atoms with E-state index in [9.17, 15) is 9.59 Å².